The Morgan fingerprint density at radius 1 is 1.10 bits per heavy atom. The lowest BCUT2D eigenvalue weighted by Crippen LogP contribution is -2.50. The summed E-state index contributed by atoms with van der Waals surface area (Å²) in [5, 5.41) is 14.8. The molecular formula is C21H20N2O7. The Morgan fingerprint density at radius 3 is 2.50 bits per heavy atom. The summed E-state index contributed by atoms with van der Waals surface area (Å²) in [4.78, 5) is 36.4. The smallest absolute Gasteiger partial charge is 0.343 e. The van der Waals surface area contributed by atoms with Gasteiger partial charge < -0.3 is 24.6 Å². The molecule has 0 spiro atoms. The maximum Gasteiger partial charge on any atom is 0.343 e. The van der Waals surface area contributed by atoms with E-state index in [9.17, 15) is 19.5 Å². The number of urea groups is 1. The van der Waals surface area contributed by atoms with Crippen LogP contribution in [0.25, 0.3) is 0 Å². The molecule has 2 aromatic carbocycles. The second-order valence-electron chi connectivity index (χ2n) is 6.18. The largest absolute Gasteiger partial charge is 0.493 e. The monoisotopic (exact) mass is 412 g/mol. The molecule has 0 aliphatic carbocycles. The zero-order valence-corrected chi connectivity index (χ0v) is 16.3. The SMILES string of the molecule is CCOC(O)=C1C(=O)NC(=O)NC1c1ccc(OC(=O)c2ccccc2)c(OC)c1. The first kappa shape index (κ1) is 20.7. The maximum absolute atomic E-state index is 12.3. The predicted octanol–water partition coefficient (Wildman–Crippen LogP) is 2.60. The number of esters is 1. The molecule has 0 radical (unpaired) electrons. The van der Waals surface area contributed by atoms with Crippen LogP contribution in [0, 0.1) is 0 Å². The van der Waals surface area contributed by atoms with E-state index in [-0.39, 0.29) is 23.7 Å². The quantitative estimate of drug-likeness (QED) is 0.288. The first-order chi connectivity index (χ1) is 14.4. The van der Waals surface area contributed by atoms with Crippen LogP contribution < -0.4 is 20.1 Å². The lowest BCUT2D eigenvalue weighted by atomic mass is 9.96. The number of hydrogen-bond donors (Lipinski definition) is 3. The molecule has 30 heavy (non-hydrogen) atoms. The minimum absolute atomic E-state index is 0.126. The Kier molecular flexibility index (Phi) is 6.21. The van der Waals surface area contributed by atoms with Gasteiger partial charge in [-0.25, -0.2) is 9.59 Å². The fourth-order valence-corrected chi connectivity index (χ4v) is 2.91. The third-order valence-electron chi connectivity index (χ3n) is 4.28. The average Bonchev–Trinajstić information content (AvgIpc) is 2.74. The van der Waals surface area contributed by atoms with Crippen molar-refractivity contribution in [3.63, 3.8) is 0 Å². The number of methoxy groups -OCH3 is 1. The van der Waals surface area contributed by atoms with Gasteiger partial charge in [-0.2, -0.15) is 0 Å². The van der Waals surface area contributed by atoms with Gasteiger partial charge in [0.05, 0.1) is 25.3 Å². The number of aliphatic hydroxyl groups excluding tert-OH is 1. The van der Waals surface area contributed by atoms with Crippen molar-refractivity contribution in [2.45, 2.75) is 13.0 Å². The van der Waals surface area contributed by atoms with Crippen molar-refractivity contribution in [2.75, 3.05) is 13.7 Å². The summed E-state index contributed by atoms with van der Waals surface area (Å²) in [6.07, 6.45) is 0. The highest BCUT2D eigenvalue weighted by molar-refractivity contribution is 6.08. The summed E-state index contributed by atoms with van der Waals surface area (Å²) >= 11 is 0. The van der Waals surface area contributed by atoms with Crippen LogP contribution in [0.1, 0.15) is 28.9 Å². The number of imide groups is 1. The summed E-state index contributed by atoms with van der Waals surface area (Å²) in [7, 11) is 1.39. The van der Waals surface area contributed by atoms with E-state index in [1.165, 1.54) is 19.2 Å². The lowest BCUT2D eigenvalue weighted by Gasteiger charge is -2.27. The number of carbonyl (C=O) groups excluding carboxylic acids is 3. The van der Waals surface area contributed by atoms with Crippen LogP contribution in [-0.2, 0) is 9.53 Å². The zero-order valence-electron chi connectivity index (χ0n) is 16.3. The minimum atomic E-state index is -0.995. The number of benzene rings is 2. The van der Waals surface area contributed by atoms with Crippen molar-refractivity contribution in [1.82, 2.24) is 10.6 Å². The maximum atomic E-state index is 12.3. The van der Waals surface area contributed by atoms with Gasteiger partial charge >= 0.3 is 12.0 Å². The number of amides is 3. The van der Waals surface area contributed by atoms with Crippen LogP contribution in [0.5, 0.6) is 11.5 Å². The average molecular weight is 412 g/mol. The summed E-state index contributed by atoms with van der Waals surface area (Å²) < 4.78 is 15.8. The van der Waals surface area contributed by atoms with E-state index in [4.69, 9.17) is 14.2 Å². The normalized spacial score (nSPS) is 17.5. The predicted molar refractivity (Wildman–Crippen MR) is 105 cm³/mol. The van der Waals surface area contributed by atoms with Gasteiger partial charge in [-0.15, -0.1) is 0 Å². The second kappa shape index (κ2) is 8.99. The molecule has 0 aromatic heterocycles. The Balaban J connectivity index is 1.94. The van der Waals surface area contributed by atoms with E-state index in [1.807, 2.05) is 0 Å². The molecule has 1 fully saturated rings. The van der Waals surface area contributed by atoms with Crippen molar-refractivity contribution in [2.24, 2.45) is 0 Å². The molecule has 1 aliphatic heterocycles. The second-order valence-corrected chi connectivity index (χ2v) is 6.18. The Hall–Kier alpha value is -4.01. The molecule has 9 nitrogen and oxygen atoms in total. The molecule has 1 unspecified atom stereocenters. The third-order valence-corrected chi connectivity index (χ3v) is 4.28. The summed E-state index contributed by atoms with van der Waals surface area (Å²) in [5.41, 5.74) is 0.620. The lowest BCUT2D eigenvalue weighted by molar-refractivity contribution is -0.118. The molecule has 3 N–H and O–H groups in total. The molecule has 156 valence electrons. The number of aliphatic hydroxyl groups is 1. The molecule has 0 saturated carbocycles. The van der Waals surface area contributed by atoms with Crippen molar-refractivity contribution < 1.29 is 33.7 Å². The van der Waals surface area contributed by atoms with E-state index in [2.05, 4.69) is 10.6 Å². The van der Waals surface area contributed by atoms with Crippen LogP contribution in [0.4, 0.5) is 4.79 Å². The first-order valence-electron chi connectivity index (χ1n) is 9.07. The van der Waals surface area contributed by atoms with Gasteiger partial charge in [-0.3, -0.25) is 10.1 Å². The molecule has 1 heterocycles. The zero-order chi connectivity index (χ0) is 21.7. The number of hydrogen-bond acceptors (Lipinski definition) is 7. The fraction of sp³-hybridized carbons (Fsp3) is 0.190. The molecule has 3 amide bonds. The van der Waals surface area contributed by atoms with Gasteiger partial charge in [0.25, 0.3) is 11.9 Å². The Bertz CT molecular complexity index is 1000. The number of rotatable bonds is 6. The molecule has 0 bridgehead atoms. The highest BCUT2D eigenvalue weighted by Crippen LogP contribution is 2.34. The van der Waals surface area contributed by atoms with Gasteiger partial charge in [0, 0.05) is 0 Å². The molecule has 1 aliphatic rings. The van der Waals surface area contributed by atoms with E-state index >= 15 is 0 Å². The standard InChI is InChI=1S/C21H20N2O7/c1-3-29-20(26)16-17(22-21(27)23-18(16)24)13-9-10-14(15(11-13)28-2)30-19(25)12-7-5-4-6-8-12/h4-11,17,26H,3H2,1-2H3,(H2,22,23,24,27). The van der Waals surface area contributed by atoms with Gasteiger partial charge in [-0.05, 0) is 36.8 Å². The van der Waals surface area contributed by atoms with E-state index in [1.54, 1.807) is 43.3 Å². The van der Waals surface area contributed by atoms with Crippen molar-refractivity contribution in [1.29, 1.82) is 0 Å². The van der Waals surface area contributed by atoms with Crippen LogP contribution in [0.15, 0.2) is 60.0 Å². The summed E-state index contributed by atoms with van der Waals surface area (Å²) in [5.74, 6) is -1.60. The third kappa shape index (κ3) is 4.35. The molecular weight excluding hydrogens is 392 g/mol. The van der Waals surface area contributed by atoms with E-state index in [0.29, 0.717) is 11.1 Å². The number of carbonyl (C=O) groups is 3. The summed E-state index contributed by atoms with van der Waals surface area (Å²) in [6, 6.07) is 11.2. The van der Waals surface area contributed by atoms with Gasteiger partial charge in [0.1, 0.15) is 5.57 Å². The summed E-state index contributed by atoms with van der Waals surface area (Å²) in [6.45, 7) is 1.77. The van der Waals surface area contributed by atoms with E-state index in [0.717, 1.165) is 0 Å². The van der Waals surface area contributed by atoms with Crippen LogP contribution >= 0.6 is 0 Å². The Morgan fingerprint density at radius 2 is 1.83 bits per heavy atom. The fourth-order valence-electron chi connectivity index (χ4n) is 2.91. The highest BCUT2D eigenvalue weighted by Gasteiger charge is 2.35. The van der Waals surface area contributed by atoms with Crippen molar-refractivity contribution in [3.8, 4) is 11.5 Å². The highest BCUT2D eigenvalue weighted by atomic mass is 16.6. The van der Waals surface area contributed by atoms with Crippen LogP contribution in [0.2, 0.25) is 0 Å². The van der Waals surface area contributed by atoms with Gasteiger partial charge in [0.2, 0.25) is 0 Å². The molecule has 1 saturated heterocycles. The van der Waals surface area contributed by atoms with Crippen LogP contribution in [0.3, 0.4) is 0 Å². The number of ether oxygens (including phenoxy) is 3. The molecule has 9 heteroatoms. The van der Waals surface area contributed by atoms with Crippen molar-refractivity contribution >= 4 is 17.9 Å². The van der Waals surface area contributed by atoms with E-state index < -0.39 is 29.9 Å². The molecule has 1 atom stereocenters. The number of nitrogens with one attached hydrogen (secondary N) is 2. The van der Waals surface area contributed by atoms with Crippen LogP contribution in [-0.4, -0.2) is 36.7 Å². The minimum Gasteiger partial charge on any atom is -0.493 e. The first-order valence-corrected chi connectivity index (χ1v) is 9.07. The van der Waals surface area contributed by atoms with Gasteiger partial charge in [-0.1, -0.05) is 24.3 Å². The van der Waals surface area contributed by atoms with Crippen molar-refractivity contribution in [3.05, 3.63) is 71.2 Å². The van der Waals surface area contributed by atoms with Gasteiger partial charge in [0.15, 0.2) is 11.5 Å². The Labute approximate surface area is 172 Å². The topological polar surface area (TPSA) is 123 Å². The molecule has 3 rings (SSSR count). The molecule has 2 aromatic rings.